The first-order chi connectivity index (χ1) is 16.1. The van der Waals surface area contributed by atoms with Gasteiger partial charge in [-0.15, -0.1) is 0 Å². The molecule has 188 valence electrons. The summed E-state index contributed by atoms with van der Waals surface area (Å²) in [5.41, 5.74) is 6.03. The van der Waals surface area contributed by atoms with Crippen LogP contribution in [0.1, 0.15) is 110 Å². The number of aromatic nitrogens is 2. The van der Waals surface area contributed by atoms with E-state index in [-0.39, 0.29) is 11.9 Å². The number of amides is 1. The lowest BCUT2D eigenvalue weighted by Crippen LogP contribution is -2.40. The van der Waals surface area contributed by atoms with Crippen LogP contribution in [0.5, 0.6) is 0 Å². The first-order valence-corrected chi connectivity index (χ1v) is 14.6. The maximum atomic E-state index is 12.4. The zero-order valence-electron chi connectivity index (χ0n) is 21.1. The minimum Gasteiger partial charge on any atom is -0.356 e. The molecule has 6 nitrogen and oxygen atoms in total. The topological polar surface area (TPSA) is 84.1 Å². The highest BCUT2D eigenvalue weighted by Crippen LogP contribution is 2.23. The molecule has 0 aromatic carbocycles. The van der Waals surface area contributed by atoms with Crippen molar-refractivity contribution in [2.45, 2.75) is 121 Å². The summed E-state index contributed by atoms with van der Waals surface area (Å²) in [6.45, 7) is 4.07. The van der Waals surface area contributed by atoms with Gasteiger partial charge in [0.25, 0.3) is 0 Å². The van der Waals surface area contributed by atoms with Crippen LogP contribution in [0.25, 0.3) is 0 Å². The van der Waals surface area contributed by atoms with Crippen molar-refractivity contribution in [2.75, 3.05) is 29.6 Å². The van der Waals surface area contributed by atoms with Crippen molar-refractivity contribution < 1.29 is 4.79 Å². The SMILES string of the molecule is CCCCCCCCCCCCCCCC(=O)Nc1cc(N2CCC(N)CC2)nc(SC)n1. The van der Waals surface area contributed by atoms with Crippen LogP contribution < -0.4 is 16.0 Å². The van der Waals surface area contributed by atoms with E-state index in [1.54, 1.807) is 0 Å². The Morgan fingerprint density at radius 1 is 0.970 bits per heavy atom. The summed E-state index contributed by atoms with van der Waals surface area (Å²) < 4.78 is 0. The normalized spacial score (nSPS) is 14.6. The average Bonchev–Trinajstić information content (AvgIpc) is 2.82. The van der Waals surface area contributed by atoms with Gasteiger partial charge in [0.2, 0.25) is 5.91 Å². The maximum Gasteiger partial charge on any atom is 0.225 e. The number of nitrogens with zero attached hydrogens (tertiary/aromatic N) is 3. The third-order valence-corrected chi connectivity index (χ3v) is 7.06. The fraction of sp³-hybridized carbons (Fsp3) is 0.808. The van der Waals surface area contributed by atoms with Crippen LogP contribution in [0.3, 0.4) is 0 Å². The third kappa shape index (κ3) is 12.1. The van der Waals surface area contributed by atoms with Crippen LogP contribution in [0.15, 0.2) is 11.2 Å². The Labute approximate surface area is 206 Å². The molecule has 0 aliphatic carbocycles. The van der Waals surface area contributed by atoms with Crippen molar-refractivity contribution in [1.82, 2.24) is 9.97 Å². The summed E-state index contributed by atoms with van der Waals surface area (Å²) in [4.78, 5) is 23.8. The number of nitrogens with two attached hydrogens (primary N) is 1. The fourth-order valence-electron chi connectivity index (χ4n) is 4.37. The zero-order valence-corrected chi connectivity index (χ0v) is 21.9. The van der Waals surface area contributed by atoms with Crippen LogP contribution in [0.4, 0.5) is 11.6 Å². The molecule has 1 aliphatic rings. The highest BCUT2D eigenvalue weighted by molar-refractivity contribution is 7.98. The van der Waals surface area contributed by atoms with Crippen LogP contribution in [0, 0.1) is 0 Å². The highest BCUT2D eigenvalue weighted by atomic mass is 32.2. The molecule has 1 fully saturated rings. The van der Waals surface area contributed by atoms with Crippen LogP contribution in [-0.4, -0.2) is 41.3 Å². The molecule has 0 bridgehead atoms. The summed E-state index contributed by atoms with van der Waals surface area (Å²) in [6.07, 6.45) is 21.5. The van der Waals surface area contributed by atoms with E-state index >= 15 is 0 Å². The summed E-state index contributed by atoms with van der Waals surface area (Å²) in [5.74, 6) is 1.55. The van der Waals surface area contributed by atoms with Gasteiger partial charge >= 0.3 is 0 Å². The number of hydrogen-bond acceptors (Lipinski definition) is 6. The lowest BCUT2D eigenvalue weighted by atomic mass is 10.0. The number of anilines is 2. The van der Waals surface area contributed by atoms with Crippen molar-refractivity contribution >= 4 is 29.3 Å². The van der Waals surface area contributed by atoms with Crippen LogP contribution in [0.2, 0.25) is 0 Å². The van der Waals surface area contributed by atoms with Gasteiger partial charge in [0.05, 0.1) is 0 Å². The Bertz CT molecular complexity index is 664. The van der Waals surface area contributed by atoms with Crippen molar-refractivity contribution in [1.29, 1.82) is 0 Å². The van der Waals surface area contributed by atoms with E-state index in [0.717, 1.165) is 44.6 Å². The van der Waals surface area contributed by atoms with Gasteiger partial charge in [-0.05, 0) is 25.5 Å². The Hall–Kier alpha value is -1.34. The molecule has 1 aliphatic heterocycles. The smallest absolute Gasteiger partial charge is 0.225 e. The highest BCUT2D eigenvalue weighted by Gasteiger charge is 2.19. The molecule has 0 spiro atoms. The Kier molecular flexibility index (Phi) is 14.5. The minimum atomic E-state index is 0.0513. The number of rotatable bonds is 17. The number of carbonyl (C=O) groups is 1. The second-order valence-electron chi connectivity index (χ2n) is 9.46. The number of thioether (sulfide) groups is 1. The van der Waals surface area contributed by atoms with Gasteiger partial charge < -0.3 is 16.0 Å². The molecule has 1 saturated heterocycles. The van der Waals surface area contributed by atoms with E-state index in [4.69, 9.17) is 5.73 Å². The molecule has 2 heterocycles. The van der Waals surface area contributed by atoms with Gasteiger partial charge in [-0.1, -0.05) is 95.7 Å². The van der Waals surface area contributed by atoms with Gasteiger partial charge in [0.15, 0.2) is 5.16 Å². The molecule has 33 heavy (non-hydrogen) atoms. The second kappa shape index (κ2) is 17.1. The molecule has 0 radical (unpaired) electrons. The van der Waals surface area contributed by atoms with Crippen LogP contribution in [-0.2, 0) is 4.79 Å². The number of unbranched alkanes of at least 4 members (excludes halogenated alkanes) is 12. The first kappa shape index (κ1) is 27.9. The van der Waals surface area contributed by atoms with Gasteiger partial charge in [-0.25, -0.2) is 9.97 Å². The molecular weight excluding hydrogens is 430 g/mol. The Morgan fingerprint density at radius 3 is 2.06 bits per heavy atom. The Morgan fingerprint density at radius 2 is 1.52 bits per heavy atom. The summed E-state index contributed by atoms with van der Waals surface area (Å²) >= 11 is 1.50. The molecule has 0 atom stereocenters. The standard InChI is InChI=1S/C26H47N5OS/c1-3-4-5-6-7-8-9-10-11-12-13-14-15-16-25(32)28-23-21-24(30-26(29-23)33-2)31-19-17-22(27)18-20-31/h21-22H,3-20,27H2,1-2H3,(H,28,29,30,32). The number of piperidine rings is 1. The van der Waals surface area contributed by atoms with E-state index in [9.17, 15) is 4.79 Å². The number of carbonyl (C=O) groups excluding carboxylic acids is 1. The molecule has 0 unspecified atom stereocenters. The largest absolute Gasteiger partial charge is 0.356 e. The van der Waals surface area contributed by atoms with Crippen molar-refractivity contribution in [3.63, 3.8) is 0 Å². The van der Waals surface area contributed by atoms with E-state index < -0.39 is 0 Å². The summed E-state index contributed by atoms with van der Waals surface area (Å²) in [6, 6.07) is 2.18. The van der Waals surface area contributed by atoms with Crippen molar-refractivity contribution in [2.24, 2.45) is 5.73 Å². The van der Waals surface area contributed by atoms with E-state index in [0.29, 0.717) is 17.4 Å². The third-order valence-electron chi connectivity index (χ3n) is 6.51. The maximum absolute atomic E-state index is 12.4. The van der Waals surface area contributed by atoms with Crippen molar-refractivity contribution in [3.05, 3.63) is 6.07 Å². The van der Waals surface area contributed by atoms with Gasteiger partial charge in [-0.2, -0.15) is 0 Å². The van der Waals surface area contributed by atoms with Crippen LogP contribution >= 0.6 is 11.8 Å². The molecule has 2 rings (SSSR count). The van der Waals surface area contributed by atoms with E-state index in [1.165, 1.54) is 82.4 Å². The van der Waals surface area contributed by atoms with Gasteiger partial charge in [0.1, 0.15) is 11.6 Å². The second-order valence-corrected chi connectivity index (χ2v) is 10.2. The lowest BCUT2D eigenvalue weighted by Gasteiger charge is -2.31. The minimum absolute atomic E-state index is 0.0513. The first-order valence-electron chi connectivity index (χ1n) is 13.4. The lowest BCUT2D eigenvalue weighted by molar-refractivity contribution is -0.116. The fourth-order valence-corrected chi connectivity index (χ4v) is 4.74. The van der Waals surface area contributed by atoms with Gasteiger partial charge in [-0.3, -0.25) is 4.79 Å². The molecular formula is C26H47N5OS. The summed E-state index contributed by atoms with van der Waals surface area (Å²) in [5, 5.41) is 3.69. The number of nitrogens with one attached hydrogen (secondary N) is 1. The molecule has 1 amide bonds. The molecule has 1 aromatic rings. The van der Waals surface area contributed by atoms with Gasteiger partial charge in [0, 0.05) is 31.6 Å². The molecule has 1 aromatic heterocycles. The quantitative estimate of drug-likeness (QED) is 0.150. The number of hydrogen-bond donors (Lipinski definition) is 2. The van der Waals surface area contributed by atoms with E-state index in [2.05, 4.69) is 27.1 Å². The predicted octanol–water partition coefficient (Wildman–Crippen LogP) is 6.55. The summed E-state index contributed by atoms with van der Waals surface area (Å²) in [7, 11) is 0. The average molecular weight is 478 g/mol. The van der Waals surface area contributed by atoms with E-state index in [1.807, 2.05) is 12.3 Å². The zero-order chi connectivity index (χ0) is 23.7. The molecule has 7 heteroatoms. The Balaban J connectivity index is 1.57. The predicted molar refractivity (Wildman–Crippen MR) is 142 cm³/mol. The monoisotopic (exact) mass is 477 g/mol. The van der Waals surface area contributed by atoms with Crippen molar-refractivity contribution in [3.8, 4) is 0 Å². The molecule has 0 saturated carbocycles. The molecule has 3 N–H and O–H groups in total.